The molecule has 0 saturated carbocycles. The highest BCUT2D eigenvalue weighted by atomic mass is 35.5. The Hall–Kier alpha value is -2.33. The van der Waals surface area contributed by atoms with E-state index in [9.17, 15) is 9.59 Å². The summed E-state index contributed by atoms with van der Waals surface area (Å²) in [6.45, 7) is 4.44. The Morgan fingerprint density at radius 2 is 1.58 bits per heavy atom. The lowest BCUT2D eigenvalue weighted by Crippen LogP contribution is -2.38. The van der Waals surface area contributed by atoms with Crippen molar-refractivity contribution in [1.82, 2.24) is 9.80 Å². The molecule has 0 aliphatic carbocycles. The van der Waals surface area contributed by atoms with Gasteiger partial charge in [0.1, 0.15) is 0 Å². The summed E-state index contributed by atoms with van der Waals surface area (Å²) < 4.78 is 0. The summed E-state index contributed by atoms with van der Waals surface area (Å²) >= 11 is 6.15. The first-order chi connectivity index (χ1) is 12.5. The van der Waals surface area contributed by atoms with Gasteiger partial charge in [0.15, 0.2) is 0 Å². The van der Waals surface area contributed by atoms with Crippen molar-refractivity contribution in [2.24, 2.45) is 0 Å². The lowest BCUT2D eigenvalue weighted by atomic mass is 10.1. The van der Waals surface area contributed by atoms with Crippen molar-refractivity contribution in [1.29, 1.82) is 0 Å². The summed E-state index contributed by atoms with van der Waals surface area (Å²) in [5.74, 6) is 0.0457. The number of hydrogen-bond donors (Lipinski definition) is 0. The number of carbonyl (C=O) groups is 2. The van der Waals surface area contributed by atoms with Crippen LogP contribution in [0.2, 0.25) is 5.02 Å². The third-order valence-electron chi connectivity index (χ3n) is 4.72. The van der Waals surface area contributed by atoms with Gasteiger partial charge >= 0.3 is 0 Å². The van der Waals surface area contributed by atoms with Crippen molar-refractivity contribution >= 4 is 23.4 Å². The van der Waals surface area contributed by atoms with E-state index in [1.807, 2.05) is 48.2 Å². The van der Waals surface area contributed by atoms with Crippen molar-refractivity contribution in [3.8, 4) is 0 Å². The van der Waals surface area contributed by atoms with Crippen LogP contribution in [0, 0.1) is 6.92 Å². The second kappa shape index (κ2) is 8.37. The minimum Gasteiger partial charge on any atom is -0.341 e. The van der Waals surface area contributed by atoms with Crippen LogP contribution in [0.5, 0.6) is 0 Å². The molecule has 0 N–H and O–H groups in total. The molecule has 26 heavy (non-hydrogen) atoms. The summed E-state index contributed by atoms with van der Waals surface area (Å²) in [7, 11) is 0. The highest BCUT2D eigenvalue weighted by Gasteiger charge is 2.23. The first-order valence-electron chi connectivity index (χ1n) is 8.92. The fourth-order valence-corrected chi connectivity index (χ4v) is 3.38. The van der Waals surface area contributed by atoms with E-state index in [4.69, 9.17) is 11.6 Å². The quantitative estimate of drug-likeness (QED) is 0.828. The van der Waals surface area contributed by atoms with E-state index in [0.29, 0.717) is 43.2 Å². The van der Waals surface area contributed by atoms with Crippen LogP contribution >= 0.6 is 11.6 Å². The molecule has 0 unspecified atom stereocenters. The van der Waals surface area contributed by atoms with Gasteiger partial charge in [-0.3, -0.25) is 9.59 Å². The Balaban J connectivity index is 1.61. The molecule has 1 heterocycles. The van der Waals surface area contributed by atoms with Gasteiger partial charge in [0.05, 0.1) is 17.0 Å². The van der Waals surface area contributed by atoms with Gasteiger partial charge in [0, 0.05) is 26.2 Å². The SMILES string of the molecule is Cc1ccc(CC(=O)N2CCCN(C(=O)c3ccccc3Cl)CC2)cc1. The summed E-state index contributed by atoms with van der Waals surface area (Å²) in [5.41, 5.74) is 2.73. The van der Waals surface area contributed by atoms with Crippen LogP contribution in [0.3, 0.4) is 0 Å². The van der Waals surface area contributed by atoms with Crippen molar-refractivity contribution < 1.29 is 9.59 Å². The molecule has 0 bridgehead atoms. The van der Waals surface area contributed by atoms with E-state index in [1.165, 1.54) is 5.56 Å². The topological polar surface area (TPSA) is 40.6 Å². The van der Waals surface area contributed by atoms with E-state index < -0.39 is 0 Å². The molecule has 1 aliphatic heterocycles. The van der Waals surface area contributed by atoms with Crippen LogP contribution in [-0.2, 0) is 11.2 Å². The molecular formula is C21H23ClN2O2. The number of aryl methyl sites for hydroxylation is 1. The second-order valence-electron chi connectivity index (χ2n) is 6.67. The zero-order valence-corrected chi connectivity index (χ0v) is 15.7. The Morgan fingerprint density at radius 1 is 0.923 bits per heavy atom. The third-order valence-corrected chi connectivity index (χ3v) is 5.05. The smallest absolute Gasteiger partial charge is 0.255 e. The van der Waals surface area contributed by atoms with Gasteiger partial charge in [-0.2, -0.15) is 0 Å². The van der Waals surface area contributed by atoms with E-state index in [-0.39, 0.29) is 11.8 Å². The molecule has 5 heteroatoms. The standard InChI is InChI=1S/C21H23ClN2O2/c1-16-7-9-17(10-8-16)15-20(25)23-11-4-12-24(14-13-23)21(26)18-5-2-3-6-19(18)22/h2-3,5-10H,4,11-15H2,1H3. The number of carbonyl (C=O) groups excluding carboxylic acids is 2. The average molecular weight is 371 g/mol. The lowest BCUT2D eigenvalue weighted by molar-refractivity contribution is -0.130. The summed E-state index contributed by atoms with van der Waals surface area (Å²) in [6, 6.07) is 15.1. The molecule has 2 aromatic rings. The van der Waals surface area contributed by atoms with Crippen molar-refractivity contribution in [3.63, 3.8) is 0 Å². The Morgan fingerprint density at radius 3 is 2.31 bits per heavy atom. The monoisotopic (exact) mass is 370 g/mol. The normalized spacial score (nSPS) is 14.8. The predicted octanol–water partition coefficient (Wildman–Crippen LogP) is 3.57. The van der Waals surface area contributed by atoms with Crippen LogP contribution in [-0.4, -0.2) is 47.8 Å². The number of benzene rings is 2. The predicted molar refractivity (Wildman–Crippen MR) is 103 cm³/mol. The van der Waals surface area contributed by atoms with Crippen LogP contribution < -0.4 is 0 Å². The second-order valence-corrected chi connectivity index (χ2v) is 7.08. The summed E-state index contributed by atoms with van der Waals surface area (Å²) in [5, 5.41) is 0.467. The molecule has 2 aromatic carbocycles. The van der Waals surface area contributed by atoms with Gasteiger partial charge in [0.2, 0.25) is 5.91 Å². The van der Waals surface area contributed by atoms with Gasteiger partial charge in [-0.05, 0) is 31.0 Å². The Kier molecular flexibility index (Phi) is 5.94. The highest BCUT2D eigenvalue weighted by molar-refractivity contribution is 6.33. The van der Waals surface area contributed by atoms with Crippen molar-refractivity contribution in [2.45, 2.75) is 19.8 Å². The average Bonchev–Trinajstić information content (AvgIpc) is 2.90. The van der Waals surface area contributed by atoms with Crippen molar-refractivity contribution in [3.05, 3.63) is 70.2 Å². The molecular weight excluding hydrogens is 348 g/mol. The van der Waals surface area contributed by atoms with Crippen LogP contribution in [0.4, 0.5) is 0 Å². The molecule has 0 spiro atoms. The molecule has 2 amide bonds. The number of halogens is 1. The number of amides is 2. The van der Waals surface area contributed by atoms with E-state index in [2.05, 4.69) is 0 Å². The van der Waals surface area contributed by atoms with Gasteiger partial charge in [-0.15, -0.1) is 0 Å². The highest BCUT2D eigenvalue weighted by Crippen LogP contribution is 2.18. The molecule has 4 nitrogen and oxygen atoms in total. The minimum absolute atomic E-state index is 0.0663. The Bertz CT molecular complexity index is 789. The maximum atomic E-state index is 12.7. The number of rotatable bonds is 3. The van der Waals surface area contributed by atoms with E-state index >= 15 is 0 Å². The molecule has 1 saturated heterocycles. The van der Waals surface area contributed by atoms with Gasteiger partial charge in [0.25, 0.3) is 5.91 Å². The number of nitrogens with zero attached hydrogens (tertiary/aromatic N) is 2. The zero-order chi connectivity index (χ0) is 18.5. The third kappa shape index (κ3) is 4.44. The van der Waals surface area contributed by atoms with Gasteiger partial charge in [-0.25, -0.2) is 0 Å². The lowest BCUT2D eigenvalue weighted by Gasteiger charge is -2.22. The summed E-state index contributed by atoms with van der Waals surface area (Å²) in [6.07, 6.45) is 1.18. The maximum absolute atomic E-state index is 12.7. The molecule has 1 fully saturated rings. The maximum Gasteiger partial charge on any atom is 0.255 e. The molecule has 136 valence electrons. The molecule has 0 aromatic heterocycles. The summed E-state index contributed by atoms with van der Waals surface area (Å²) in [4.78, 5) is 29.0. The zero-order valence-electron chi connectivity index (χ0n) is 15.0. The molecule has 3 rings (SSSR count). The minimum atomic E-state index is -0.0663. The molecule has 0 atom stereocenters. The number of hydrogen-bond acceptors (Lipinski definition) is 2. The van der Waals surface area contributed by atoms with E-state index in [1.54, 1.807) is 17.0 Å². The van der Waals surface area contributed by atoms with E-state index in [0.717, 1.165) is 12.0 Å². The van der Waals surface area contributed by atoms with Crippen LogP contribution in [0.15, 0.2) is 48.5 Å². The van der Waals surface area contributed by atoms with Crippen LogP contribution in [0.25, 0.3) is 0 Å². The fraction of sp³-hybridized carbons (Fsp3) is 0.333. The van der Waals surface area contributed by atoms with Gasteiger partial charge in [-0.1, -0.05) is 53.6 Å². The van der Waals surface area contributed by atoms with Crippen LogP contribution in [0.1, 0.15) is 27.9 Å². The largest absolute Gasteiger partial charge is 0.341 e. The fourth-order valence-electron chi connectivity index (χ4n) is 3.17. The first kappa shape index (κ1) is 18.5. The first-order valence-corrected chi connectivity index (χ1v) is 9.29. The molecule has 0 radical (unpaired) electrons. The Labute approximate surface area is 159 Å². The van der Waals surface area contributed by atoms with Gasteiger partial charge < -0.3 is 9.80 Å². The van der Waals surface area contributed by atoms with Crippen molar-refractivity contribution in [2.75, 3.05) is 26.2 Å². The molecule has 1 aliphatic rings.